The minimum atomic E-state index is -1.09. The maximum absolute atomic E-state index is 12.8. The molecule has 3 nitrogen and oxygen atoms in total. The monoisotopic (exact) mass is 271 g/mol. The molecule has 2 rings (SSSR count). The van der Waals surface area contributed by atoms with Gasteiger partial charge in [-0.15, -0.1) is 0 Å². The fourth-order valence-electron chi connectivity index (χ4n) is 3.44. The lowest BCUT2D eigenvalue weighted by Crippen LogP contribution is -2.49. The van der Waals surface area contributed by atoms with E-state index in [2.05, 4.69) is 20.8 Å². The van der Waals surface area contributed by atoms with Crippen molar-refractivity contribution >= 4 is 6.09 Å². The first-order valence-electron chi connectivity index (χ1n) is 7.38. The van der Waals surface area contributed by atoms with Crippen LogP contribution < -0.4 is 0 Å². The molecule has 0 saturated carbocycles. The Morgan fingerprint density at radius 2 is 1.84 bits per heavy atom. The fraction of sp³-hybridized carbons (Fsp3) is 0.933. The third-order valence-electron chi connectivity index (χ3n) is 4.61. The van der Waals surface area contributed by atoms with E-state index in [0.717, 1.165) is 25.7 Å². The van der Waals surface area contributed by atoms with Gasteiger partial charge in [-0.3, -0.25) is 0 Å². The molecule has 2 aliphatic rings. The summed E-state index contributed by atoms with van der Waals surface area (Å²) in [5.74, 6) is 0.661. The Kier molecular flexibility index (Phi) is 4.07. The van der Waals surface area contributed by atoms with E-state index in [0.29, 0.717) is 23.4 Å². The number of fused-ring (bicyclic) bond motifs is 2. The zero-order chi connectivity index (χ0) is 14.2. The van der Waals surface area contributed by atoms with E-state index in [1.54, 1.807) is 0 Å². The highest BCUT2D eigenvalue weighted by atomic mass is 19.1. The van der Waals surface area contributed by atoms with E-state index >= 15 is 0 Å². The lowest BCUT2D eigenvalue weighted by atomic mass is 9.73. The summed E-state index contributed by atoms with van der Waals surface area (Å²) in [6.45, 7) is 8.10. The molecule has 3 atom stereocenters. The second kappa shape index (κ2) is 5.29. The van der Waals surface area contributed by atoms with Gasteiger partial charge >= 0.3 is 6.09 Å². The van der Waals surface area contributed by atoms with Crippen molar-refractivity contribution in [3.63, 3.8) is 0 Å². The van der Waals surface area contributed by atoms with Crippen molar-refractivity contribution in [2.45, 2.75) is 71.6 Å². The lowest BCUT2D eigenvalue weighted by molar-refractivity contribution is 0.0275. The van der Waals surface area contributed by atoms with Crippen molar-refractivity contribution in [2.24, 2.45) is 11.3 Å². The number of hydrogen-bond donors (Lipinski definition) is 0. The second-order valence-electron chi connectivity index (χ2n) is 7.18. The standard InChI is InChI=1S/C15H26FNO2/c1-10(16)9-19-14(18)17-12-5-6-13(17)8-11(7-12)15(2,3)4/h10-13H,5-9H2,1-4H3. The van der Waals surface area contributed by atoms with E-state index in [1.165, 1.54) is 6.92 Å². The zero-order valence-corrected chi connectivity index (χ0v) is 12.5. The van der Waals surface area contributed by atoms with Crippen LogP contribution in [0.25, 0.3) is 0 Å². The second-order valence-corrected chi connectivity index (χ2v) is 7.18. The number of halogens is 1. The normalized spacial score (nSPS) is 32.3. The van der Waals surface area contributed by atoms with Gasteiger partial charge in [-0.2, -0.15) is 0 Å². The highest BCUT2D eigenvalue weighted by Crippen LogP contribution is 2.45. The molecule has 110 valence electrons. The van der Waals surface area contributed by atoms with Crippen molar-refractivity contribution in [3.05, 3.63) is 0 Å². The summed E-state index contributed by atoms with van der Waals surface area (Å²) in [6, 6.07) is 0.593. The van der Waals surface area contributed by atoms with E-state index < -0.39 is 6.17 Å². The molecule has 3 unspecified atom stereocenters. The fourth-order valence-corrected chi connectivity index (χ4v) is 3.44. The minimum Gasteiger partial charge on any atom is -0.446 e. The van der Waals surface area contributed by atoms with Crippen LogP contribution in [0.3, 0.4) is 0 Å². The molecule has 4 heteroatoms. The quantitative estimate of drug-likeness (QED) is 0.765. The summed E-state index contributed by atoms with van der Waals surface area (Å²) >= 11 is 0. The Morgan fingerprint density at radius 1 is 1.32 bits per heavy atom. The third kappa shape index (κ3) is 3.21. The Morgan fingerprint density at radius 3 is 2.26 bits per heavy atom. The predicted molar refractivity (Wildman–Crippen MR) is 72.7 cm³/mol. The van der Waals surface area contributed by atoms with E-state index in [-0.39, 0.29) is 12.7 Å². The summed E-state index contributed by atoms with van der Waals surface area (Å²) in [5, 5.41) is 0. The van der Waals surface area contributed by atoms with Gasteiger partial charge in [0.05, 0.1) is 0 Å². The van der Waals surface area contributed by atoms with E-state index in [9.17, 15) is 9.18 Å². The SMILES string of the molecule is CC(F)COC(=O)N1C2CCC1CC(C(C)(C)C)C2. The predicted octanol–water partition coefficient (Wildman–Crippen LogP) is 3.77. The van der Waals surface area contributed by atoms with Crippen LogP contribution >= 0.6 is 0 Å². The first kappa shape index (κ1) is 14.6. The summed E-state index contributed by atoms with van der Waals surface area (Å²) in [5.41, 5.74) is 0.296. The van der Waals surface area contributed by atoms with Crippen LogP contribution in [0, 0.1) is 11.3 Å². The zero-order valence-electron chi connectivity index (χ0n) is 12.5. The molecule has 0 aliphatic carbocycles. The summed E-state index contributed by atoms with van der Waals surface area (Å²) < 4.78 is 17.8. The van der Waals surface area contributed by atoms with Crippen molar-refractivity contribution < 1.29 is 13.9 Å². The molecule has 19 heavy (non-hydrogen) atoms. The van der Waals surface area contributed by atoms with Crippen LogP contribution in [-0.4, -0.2) is 35.9 Å². The maximum atomic E-state index is 12.8. The van der Waals surface area contributed by atoms with Crippen LogP contribution in [0.5, 0.6) is 0 Å². The molecule has 2 fully saturated rings. The van der Waals surface area contributed by atoms with E-state index in [1.807, 2.05) is 4.90 Å². The van der Waals surface area contributed by atoms with Crippen LogP contribution in [0.15, 0.2) is 0 Å². The summed E-state index contributed by atoms with van der Waals surface area (Å²) in [6.07, 6.45) is 2.84. The van der Waals surface area contributed by atoms with Gasteiger partial charge in [0.2, 0.25) is 0 Å². The third-order valence-corrected chi connectivity index (χ3v) is 4.61. The lowest BCUT2D eigenvalue weighted by Gasteiger charge is -2.43. The van der Waals surface area contributed by atoms with Crippen LogP contribution in [0.1, 0.15) is 53.4 Å². The first-order valence-corrected chi connectivity index (χ1v) is 7.38. The summed E-state index contributed by atoms with van der Waals surface area (Å²) in [4.78, 5) is 13.9. The molecule has 0 radical (unpaired) electrons. The number of rotatable bonds is 2. The number of alkyl halides is 1. The Bertz CT molecular complexity index is 324. The van der Waals surface area contributed by atoms with Gasteiger partial charge in [0.15, 0.2) is 0 Å². The highest BCUT2D eigenvalue weighted by molar-refractivity contribution is 5.69. The van der Waals surface area contributed by atoms with Gasteiger partial charge < -0.3 is 9.64 Å². The molecule has 2 heterocycles. The number of amides is 1. The van der Waals surface area contributed by atoms with Crippen LogP contribution in [0.2, 0.25) is 0 Å². The molecule has 0 N–H and O–H groups in total. The number of piperidine rings is 1. The van der Waals surface area contributed by atoms with Gasteiger partial charge in [-0.1, -0.05) is 20.8 Å². The number of ether oxygens (including phenoxy) is 1. The Hall–Kier alpha value is -0.800. The van der Waals surface area contributed by atoms with E-state index in [4.69, 9.17) is 4.74 Å². The number of nitrogens with zero attached hydrogens (tertiary/aromatic N) is 1. The van der Waals surface area contributed by atoms with Crippen molar-refractivity contribution in [1.29, 1.82) is 0 Å². The smallest absolute Gasteiger partial charge is 0.410 e. The maximum Gasteiger partial charge on any atom is 0.410 e. The first-order chi connectivity index (χ1) is 8.79. The van der Waals surface area contributed by atoms with Crippen LogP contribution in [-0.2, 0) is 4.74 Å². The van der Waals surface area contributed by atoms with Gasteiger partial charge in [0.25, 0.3) is 0 Å². The molecule has 2 aliphatic heterocycles. The molecule has 0 aromatic heterocycles. The number of carbonyl (C=O) groups is 1. The topological polar surface area (TPSA) is 29.5 Å². The molecule has 2 saturated heterocycles. The summed E-state index contributed by atoms with van der Waals surface area (Å²) in [7, 11) is 0. The highest BCUT2D eigenvalue weighted by Gasteiger charge is 2.46. The molecule has 0 spiro atoms. The van der Waals surface area contributed by atoms with Crippen LogP contribution in [0.4, 0.5) is 9.18 Å². The largest absolute Gasteiger partial charge is 0.446 e. The number of carbonyl (C=O) groups excluding carboxylic acids is 1. The molecular weight excluding hydrogens is 245 g/mol. The van der Waals surface area contributed by atoms with Crippen molar-refractivity contribution in [3.8, 4) is 0 Å². The Balaban J connectivity index is 1.97. The molecule has 0 aromatic carbocycles. The number of hydrogen-bond acceptors (Lipinski definition) is 2. The average Bonchev–Trinajstić information content (AvgIpc) is 2.55. The van der Waals surface area contributed by atoms with Gasteiger partial charge in [-0.05, 0) is 43.9 Å². The van der Waals surface area contributed by atoms with Gasteiger partial charge in [-0.25, -0.2) is 9.18 Å². The molecule has 2 bridgehead atoms. The minimum absolute atomic E-state index is 0.128. The average molecular weight is 271 g/mol. The molecule has 0 aromatic rings. The molecule has 1 amide bonds. The van der Waals surface area contributed by atoms with Crippen molar-refractivity contribution in [1.82, 2.24) is 4.90 Å². The van der Waals surface area contributed by atoms with Gasteiger partial charge in [0.1, 0.15) is 12.8 Å². The van der Waals surface area contributed by atoms with Crippen molar-refractivity contribution in [2.75, 3.05) is 6.61 Å². The molecular formula is C15H26FNO2. The van der Waals surface area contributed by atoms with Gasteiger partial charge in [0, 0.05) is 12.1 Å². The Labute approximate surface area is 115 Å².